The van der Waals surface area contributed by atoms with Crippen molar-refractivity contribution in [2.75, 3.05) is 89.6 Å². The molecular weight excluding hydrogens is 1250 g/mol. The molecule has 0 radical (unpaired) electrons. The highest BCUT2D eigenvalue weighted by molar-refractivity contribution is 7.99. The van der Waals surface area contributed by atoms with Crippen molar-refractivity contribution in [1.82, 2.24) is 29.9 Å². The summed E-state index contributed by atoms with van der Waals surface area (Å²) in [7, 11) is -18.1. The van der Waals surface area contributed by atoms with Gasteiger partial charge in [-0.05, 0) is 87.6 Å². The van der Waals surface area contributed by atoms with E-state index < -0.39 is 111 Å². The van der Waals surface area contributed by atoms with Crippen LogP contribution in [-0.2, 0) is 40.5 Å². The first-order valence-corrected chi connectivity index (χ1v) is 31.8. The third-order valence-corrected chi connectivity index (χ3v) is 16.8. The van der Waals surface area contributed by atoms with Gasteiger partial charge in [0.1, 0.15) is 42.3 Å². The number of carbonyl (C=O) groups is 1. The number of aromatic hydroxyl groups is 1. The van der Waals surface area contributed by atoms with Gasteiger partial charge >= 0.3 is 23.8 Å². The van der Waals surface area contributed by atoms with E-state index in [1.54, 1.807) is 23.9 Å². The number of rotatable bonds is 26. The number of benzene rings is 4. The summed E-state index contributed by atoms with van der Waals surface area (Å²) in [5.41, 5.74) is 1.52. The quantitative estimate of drug-likeness (QED) is 0.0114. The molecule has 0 saturated heterocycles. The van der Waals surface area contributed by atoms with Crippen LogP contribution in [0.5, 0.6) is 5.75 Å². The van der Waals surface area contributed by atoms with Crippen LogP contribution in [0.25, 0.3) is 16.7 Å². The lowest BCUT2D eigenvalue weighted by atomic mass is 10.1. The SMILES string of the molecule is CN(CCSCCO)c1nc(Cl)nc(Nc2ccc(S(=O)(=O)O)c(/N=N/c3c(S(=O)(=O)O)cc4cc(S(=O)(=O)O)c(/N=N/c5cc(Nc6nc(N(C)CCSCCO)nc(-[n+]7ccc(C(=O)O)cc7)n6)ccc5S(=O)(=O)O)c(N)c4c3O)c2)n1. The number of phenolic OH excluding ortho intramolecular Hbond substituents is 1. The number of azo groups is 2. The number of thioether (sulfide) groups is 2. The number of hydrogen-bond acceptors (Lipinski definition) is 29. The van der Waals surface area contributed by atoms with E-state index in [4.69, 9.17) is 22.4 Å². The number of fused-ring (bicyclic) bond motifs is 1. The Bertz CT molecular complexity index is 4220. The molecule has 0 bridgehead atoms. The van der Waals surface area contributed by atoms with Crippen molar-refractivity contribution in [3.05, 3.63) is 83.9 Å². The Morgan fingerprint density at radius 3 is 1.54 bits per heavy atom. The molecule has 0 saturated carbocycles. The minimum Gasteiger partial charge on any atom is -0.505 e. The van der Waals surface area contributed by atoms with Gasteiger partial charge in [-0.15, -0.1) is 25.4 Å². The number of nitrogens with zero attached hydrogens (tertiary/aromatic N) is 13. The van der Waals surface area contributed by atoms with Gasteiger partial charge in [0, 0.05) is 61.6 Å². The fraction of sp³-hybridized carbons (Fsp3) is 0.227. The molecule has 0 fully saturated rings. The van der Waals surface area contributed by atoms with Gasteiger partial charge in [0.05, 0.1) is 42.2 Å². The Labute approximate surface area is 489 Å². The number of nitrogen functional groups attached to an aromatic ring is 1. The van der Waals surface area contributed by atoms with Gasteiger partial charge in [0.25, 0.3) is 40.5 Å². The number of pyridine rings is 1. The van der Waals surface area contributed by atoms with Crippen LogP contribution in [0.1, 0.15) is 10.4 Å². The second-order valence-electron chi connectivity index (χ2n) is 17.0. The van der Waals surface area contributed by atoms with Crippen LogP contribution in [0.15, 0.2) is 113 Å². The highest BCUT2D eigenvalue weighted by atomic mass is 35.5. The summed E-state index contributed by atoms with van der Waals surface area (Å²) in [4.78, 5) is 36.1. The molecule has 0 spiro atoms. The molecule has 0 aliphatic carbocycles. The molecule has 12 N–H and O–H groups in total. The predicted molar refractivity (Wildman–Crippen MR) is 306 cm³/mol. The van der Waals surface area contributed by atoms with Crippen LogP contribution in [0.3, 0.4) is 0 Å². The zero-order valence-electron chi connectivity index (χ0n) is 43.1. The summed E-state index contributed by atoms with van der Waals surface area (Å²) >= 11 is 9.06. The van der Waals surface area contributed by atoms with E-state index in [9.17, 15) is 72.0 Å². The topological polar surface area (TPSA) is 503 Å². The van der Waals surface area contributed by atoms with Crippen molar-refractivity contribution in [2.45, 2.75) is 19.6 Å². The summed E-state index contributed by atoms with van der Waals surface area (Å²) < 4.78 is 145. The molecule has 0 aliphatic rings. The molecular formula is C44H46ClN16O17S6+. The van der Waals surface area contributed by atoms with Crippen LogP contribution in [-0.4, -0.2) is 172 Å². The van der Waals surface area contributed by atoms with Gasteiger partial charge in [-0.1, -0.05) is 0 Å². The van der Waals surface area contributed by atoms with E-state index in [2.05, 4.69) is 61.0 Å². The van der Waals surface area contributed by atoms with Crippen LogP contribution >= 0.6 is 35.1 Å². The lowest BCUT2D eigenvalue weighted by Gasteiger charge is -2.17. The predicted octanol–water partition coefficient (Wildman–Crippen LogP) is 4.75. The Morgan fingerprint density at radius 1 is 0.619 bits per heavy atom. The number of aromatic carboxylic acids is 1. The number of halogens is 1. The second kappa shape index (κ2) is 26.5. The molecule has 3 aromatic heterocycles. The number of anilines is 7. The van der Waals surface area contributed by atoms with Gasteiger partial charge in [0.2, 0.25) is 17.2 Å². The van der Waals surface area contributed by atoms with E-state index in [-0.39, 0.29) is 65.2 Å². The monoisotopic (exact) mass is 1300 g/mol. The van der Waals surface area contributed by atoms with Gasteiger partial charge in [0.15, 0.2) is 5.75 Å². The second-order valence-corrected chi connectivity index (χ2v) is 25.4. The lowest BCUT2D eigenvalue weighted by molar-refractivity contribution is -0.603. The maximum Gasteiger partial charge on any atom is 0.444 e. The lowest BCUT2D eigenvalue weighted by Crippen LogP contribution is -2.34. The first-order chi connectivity index (χ1) is 39.5. The molecule has 7 aromatic rings. The Morgan fingerprint density at radius 2 is 1.07 bits per heavy atom. The Hall–Kier alpha value is -7.67. The van der Waals surface area contributed by atoms with Gasteiger partial charge in [-0.25, -0.2) is 9.36 Å². The van der Waals surface area contributed by atoms with Crippen molar-refractivity contribution in [2.24, 2.45) is 20.5 Å². The van der Waals surface area contributed by atoms with Crippen molar-refractivity contribution in [3.8, 4) is 11.7 Å². The standard InChI is InChI=1S/C44H45ClN16O17S6/c1-59(11-15-79-17-13-62)42-50-39(45)49-40(51-42)47-25-3-5-30(82(70,71)72)28(21-25)56-58-36-32(84(76,77)78)20-24-19-31(83(73,74)75)35(34(46)33(24)37(36)64)57-55-27-22-26(4-6-29(27)81(67,68)69)48-41-52-43(60(2)12-16-80-18-14-63)54-44(53-41)61-9-7-23(8-10-61)38(65)66/h3-10,19-22,62-63H,11-18H2,1-2H3,(H9-,46,47,48,49,50,51,52,53,54,55,56,64,65,66,67,68,69,70,71,72,73,74,75,76,77,78)/p+1. The molecule has 446 valence electrons. The number of phenols is 1. The number of nitrogens with two attached hydrogens (primary N) is 1. The minimum absolute atomic E-state index is 0.0285. The van der Waals surface area contributed by atoms with Crippen LogP contribution in [0.2, 0.25) is 5.28 Å². The molecule has 4 aromatic carbocycles. The molecule has 0 unspecified atom stereocenters. The molecule has 3 heterocycles. The Balaban J connectivity index is 1.32. The molecule has 0 atom stereocenters. The van der Waals surface area contributed by atoms with Crippen LogP contribution in [0, 0.1) is 0 Å². The number of aliphatic hydroxyl groups is 2. The third-order valence-electron chi connectivity index (χ3n) is 11.2. The molecule has 33 nitrogen and oxygen atoms in total. The molecule has 7 rings (SSSR count). The normalized spacial score (nSPS) is 12.3. The minimum atomic E-state index is -5.53. The van der Waals surface area contributed by atoms with E-state index in [1.807, 2.05) is 0 Å². The first-order valence-electron chi connectivity index (χ1n) is 23.4. The van der Waals surface area contributed by atoms with E-state index in [0.29, 0.717) is 48.2 Å². The van der Waals surface area contributed by atoms with E-state index in [1.165, 1.54) is 52.6 Å². The maximum atomic E-state index is 13.0. The van der Waals surface area contributed by atoms with Crippen LogP contribution < -0.4 is 30.7 Å². The average molecular weight is 1300 g/mol. The zero-order chi connectivity index (χ0) is 61.5. The molecule has 84 heavy (non-hydrogen) atoms. The van der Waals surface area contributed by atoms with Crippen molar-refractivity contribution in [1.29, 1.82) is 0 Å². The number of aromatic nitrogens is 7. The summed E-state index contributed by atoms with van der Waals surface area (Å²) in [6.07, 6.45) is 2.72. The summed E-state index contributed by atoms with van der Waals surface area (Å²) in [6.45, 7) is 0.681. The van der Waals surface area contributed by atoms with E-state index in [0.717, 1.165) is 36.4 Å². The molecule has 0 amide bonds. The molecule has 40 heteroatoms. The van der Waals surface area contributed by atoms with Crippen molar-refractivity contribution in [3.63, 3.8) is 0 Å². The van der Waals surface area contributed by atoms with Gasteiger partial charge < -0.3 is 46.6 Å². The Kier molecular flexibility index (Phi) is 20.2. The van der Waals surface area contributed by atoms with Gasteiger partial charge in [-0.3, -0.25) is 18.2 Å². The summed E-state index contributed by atoms with van der Waals surface area (Å²) in [6, 6.07) is 9.44. The number of carboxylic acid groups (broad SMARTS) is 1. The summed E-state index contributed by atoms with van der Waals surface area (Å²) in [5, 5.41) is 58.6. The largest absolute Gasteiger partial charge is 0.505 e. The number of aliphatic hydroxyl groups excluding tert-OH is 2. The summed E-state index contributed by atoms with van der Waals surface area (Å²) in [5.74, 6) is -0.769. The van der Waals surface area contributed by atoms with E-state index >= 15 is 0 Å². The number of carboxylic acids is 1. The maximum absolute atomic E-state index is 13.0. The average Bonchev–Trinajstić information content (AvgIpc) is 3.08. The van der Waals surface area contributed by atoms with Crippen molar-refractivity contribution < 1.29 is 81.7 Å². The third kappa shape index (κ3) is 15.9. The fourth-order valence-electron chi connectivity index (χ4n) is 7.25. The number of nitrogens with one attached hydrogen (secondary N) is 2. The van der Waals surface area contributed by atoms with Crippen LogP contribution in [0.4, 0.5) is 63.6 Å². The first kappa shape index (κ1) is 63.9. The highest BCUT2D eigenvalue weighted by Gasteiger charge is 2.30. The molecule has 0 aliphatic heterocycles. The van der Waals surface area contributed by atoms with Crippen molar-refractivity contribution >= 4 is 156 Å². The van der Waals surface area contributed by atoms with Gasteiger partial charge in [-0.2, -0.15) is 72.1 Å². The zero-order valence-corrected chi connectivity index (χ0v) is 48.7. The highest BCUT2D eigenvalue weighted by Crippen LogP contribution is 2.49. The number of hydrogen-bond donors (Lipinski definition) is 11. The fourth-order valence-corrected chi connectivity index (χ4v) is 11.4. The smallest absolute Gasteiger partial charge is 0.444 e.